The molecule has 0 aromatic carbocycles. The first-order chi connectivity index (χ1) is 2.00. The second kappa shape index (κ2) is 11.3. The molecule has 0 saturated heterocycles. The standard InChI is InChI=1S/CH4O3S.Ag.3FH/c1-5(2,3)4;;;;/h1H3,(H,2,3,4);;3*1H. The van der Waals surface area contributed by atoms with E-state index < -0.39 is 10.1 Å². The van der Waals surface area contributed by atoms with Gasteiger partial charge in [0.15, 0.2) is 0 Å². The Morgan fingerprint density at radius 3 is 1.11 bits per heavy atom. The summed E-state index contributed by atoms with van der Waals surface area (Å²) in [5, 5.41) is 0. The van der Waals surface area contributed by atoms with Gasteiger partial charge >= 0.3 is 0 Å². The summed E-state index contributed by atoms with van der Waals surface area (Å²) in [6.45, 7) is 0. The molecule has 0 saturated carbocycles. The van der Waals surface area contributed by atoms with Gasteiger partial charge in [0.25, 0.3) is 10.1 Å². The summed E-state index contributed by atoms with van der Waals surface area (Å²) >= 11 is 0. The first kappa shape index (κ1) is 34.1. The van der Waals surface area contributed by atoms with Gasteiger partial charge in [0.2, 0.25) is 0 Å². The summed E-state index contributed by atoms with van der Waals surface area (Å²) in [6.07, 6.45) is 0.715. The molecule has 0 aromatic heterocycles. The van der Waals surface area contributed by atoms with Crippen molar-refractivity contribution in [1.29, 1.82) is 0 Å². The Kier molecular flexibility index (Phi) is 42.7. The minimum absolute atomic E-state index is 0. The van der Waals surface area contributed by atoms with Crippen LogP contribution in [0.1, 0.15) is 0 Å². The Hall–Kier alpha value is 0.440. The van der Waals surface area contributed by atoms with Crippen molar-refractivity contribution in [2.45, 2.75) is 0 Å². The van der Waals surface area contributed by atoms with Crippen LogP contribution in [0, 0.1) is 0 Å². The quantitative estimate of drug-likeness (QED) is 0.493. The van der Waals surface area contributed by atoms with Gasteiger partial charge in [0.05, 0.1) is 6.26 Å². The largest absolute Gasteiger partial charge is 0.286 e. The van der Waals surface area contributed by atoms with Gasteiger partial charge < -0.3 is 0 Å². The van der Waals surface area contributed by atoms with Gasteiger partial charge in [-0.25, -0.2) is 0 Å². The Morgan fingerprint density at radius 2 is 1.11 bits per heavy atom. The van der Waals surface area contributed by atoms with Crippen molar-refractivity contribution >= 4 is 10.1 Å². The first-order valence-electron chi connectivity index (χ1n) is 0.924. The molecule has 0 aliphatic rings. The Morgan fingerprint density at radius 1 is 1.11 bits per heavy atom. The van der Waals surface area contributed by atoms with Gasteiger partial charge in [-0.1, -0.05) is 0 Å². The van der Waals surface area contributed by atoms with Crippen molar-refractivity contribution in [3.63, 3.8) is 0 Å². The third kappa shape index (κ3) is 1810. The Bertz CT molecular complexity index is 102. The Labute approximate surface area is 66.2 Å². The molecular weight excluding hydrogens is 257 g/mol. The van der Waals surface area contributed by atoms with Crippen molar-refractivity contribution in [1.82, 2.24) is 0 Å². The third-order valence-electron chi connectivity index (χ3n) is 0. The summed E-state index contributed by atoms with van der Waals surface area (Å²) in [4.78, 5) is 0. The zero-order valence-corrected chi connectivity index (χ0v) is 6.50. The molecule has 0 amide bonds. The fraction of sp³-hybridized carbons (Fsp3) is 1.00. The number of rotatable bonds is 0. The molecule has 0 aliphatic heterocycles. The molecule has 1 radical (unpaired) electrons. The Balaban J connectivity index is -0.0000000133. The molecular formula is CH7AgF3O3S. The molecule has 0 atom stereocenters. The molecule has 0 aliphatic carbocycles. The SMILES string of the molecule is CS(=O)(=O)O.F.F.F.[Ag]. The minimum atomic E-state index is -3.67. The van der Waals surface area contributed by atoms with E-state index >= 15 is 0 Å². The molecule has 0 heterocycles. The van der Waals surface area contributed by atoms with E-state index in [-0.39, 0.29) is 36.5 Å². The molecule has 1 N–H and O–H groups in total. The van der Waals surface area contributed by atoms with Gasteiger partial charge in [-0.05, 0) is 0 Å². The van der Waals surface area contributed by atoms with Crippen molar-refractivity contribution in [3.05, 3.63) is 0 Å². The van der Waals surface area contributed by atoms with Crippen molar-refractivity contribution < 1.29 is 49.5 Å². The minimum Gasteiger partial charge on any atom is -0.286 e. The van der Waals surface area contributed by atoms with Crippen molar-refractivity contribution in [2.24, 2.45) is 0 Å². The van der Waals surface area contributed by atoms with Crippen LogP contribution >= 0.6 is 0 Å². The molecule has 0 aromatic rings. The smallest absolute Gasteiger partial charge is 0.261 e. The van der Waals surface area contributed by atoms with E-state index in [4.69, 9.17) is 4.55 Å². The van der Waals surface area contributed by atoms with Crippen LogP contribution in [0.4, 0.5) is 14.1 Å². The molecule has 0 rings (SSSR count). The summed E-state index contributed by atoms with van der Waals surface area (Å²) in [7, 11) is -3.67. The molecule has 0 bridgehead atoms. The van der Waals surface area contributed by atoms with Gasteiger partial charge in [-0.3, -0.25) is 18.7 Å². The van der Waals surface area contributed by atoms with Gasteiger partial charge in [-0.2, -0.15) is 8.42 Å². The fourth-order valence-electron chi connectivity index (χ4n) is 0. The fourth-order valence-corrected chi connectivity index (χ4v) is 0. The van der Waals surface area contributed by atoms with Crippen LogP contribution in [-0.2, 0) is 32.5 Å². The van der Waals surface area contributed by atoms with Gasteiger partial charge in [-0.15, -0.1) is 0 Å². The van der Waals surface area contributed by atoms with E-state index in [9.17, 15) is 8.42 Å². The average Bonchev–Trinajstić information content (AvgIpc) is 0.722. The van der Waals surface area contributed by atoms with E-state index in [0.717, 1.165) is 0 Å². The topological polar surface area (TPSA) is 54.4 Å². The van der Waals surface area contributed by atoms with Crippen LogP contribution in [0.3, 0.4) is 0 Å². The van der Waals surface area contributed by atoms with E-state index in [2.05, 4.69) is 0 Å². The third-order valence-corrected chi connectivity index (χ3v) is 0. The zero-order chi connectivity index (χ0) is 4.50. The molecule has 8 heteroatoms. The summed E-state index contributed by atoms with van der Waals surface area (Å²) in [6, 6.07) is 0. The molecule has 0 spiro atoms. The second-order valence-corrected chi connectivity index (χ2v) is 2.20. The number of halogens is 3. The average molecular weight is 264 g/mol. The van der Waals surface area contributed by atoms with Crippen LogP contribution in [0.5, 0.6) is 0 Å². The maximum atomic E-state index is 9.19. The van der Waals surface area contributed by atoms with E-state index in [1.54, 1.807) is 0 Å². The van der Waals surface area contributed by atoms with Crippen LogP contribution in [-0.4, -0.2) is 19.2 Å². The molecule has 9 heavy (non-hydrogen) atoms. The van der Waals surface area contributed by atoms with Crippen LogP contribution in [0.25, 0.3) is 0 Å². The van der Waals surface area contributed by atoms with E-state index in [0.29, 0.717) is 6.26 Å². The normalized spacial score (nSPS) is 6.44. The van der Waals surface area contributed by atoms with E-state index in [1.165, 1.54) is 0 Å². The summed E-state index contributed by atoms with van der Waals surface area (Å²) in [5.41, 5.74) is 0. The maximum Gasteiger partial charge on any atom is 0.261 e. The van der Waals surface area contributed by atoms with Crippen LogP contribution in [0.15, 0.2) is 0 Å². The number of hydrogen-bond acceptors (Lipinski definition) is 2. The van der Waals surface area contributed by atoms with Gasteiger partial charge in [0, 0.05) is 22.4 Å². The second-order valence-electron chi connectivity index (χ2n) is 0.733. The molecule has 67 valence electrons. The summed E-state index contributed by atoms with van der Waals surface area (Å²) in [5.74, 6) is 0. The first-order valence-corrected chi connectivity index (χ1v) is 2.77. The predicted octanol–water partition coefficient (Wildman–Crippen LogP) is -0.0410. The van der Waals surface area contributed by atoms with Crippen LogP contribution in [0.2, 0.25) is 0 Å². The van der Waals surface area contributed by atoms with Crippen molar-refractivity contribution in [2.75, 3.05) is 6.26 Å². The monoisotopic (exact) mass is 263 g/mol. The summed E-state index contributed by atoms with van der Waals surface area (Å²) < 4.78 is 25.9. The molecule has 0 fully saturated rings. The maximum absolute atomic E-state index is 9.19. The number of hydrogen-bond donors (Lipinski definition) is 1. The van der Waals surface area contributed by atoms with E-state index in [1.807, 2.05) is 0 Å². The van der Waals surface area contributed by atoms with Crippen molar-refractivity contribution in [3.8, 4) is 0 Å². The zero-order valence-electron chi connectivity index (χ0n) is 4.20. The van der Waals surface area contributed by atoms with Gasteiger partial charge in [0.1, 0.15) is 0 Å². The molecule has 0 unspecified atom stereocenters. The predicted molar refractivity (Wildman–Crippen MR) is 25.0 cm³/mol. The van der Waals surface area contributed by atoms with Crippen LogP contribution < -0.4 is 0 Å². The molecule has 3 nitrogen and oxygen atoms in total.